The molecule has 1 saturated heterocycles. The molecular weight excluding hydrogens is 512 g/mol. The number of hydrazone groups is 1. The van der Waals surface area contributed by atoms with Crippen molar-refractivity contribution in [3.05, 3.63) is 53.6 Å². The molecule has 1 atom stereocenters. The zero-order valence-corrected chi connectivity index (χ0v) is 24.1. The van der Waals surface area contributed by atoms with Crippen LogP contribution < -0.4 is 14.2 Å². The van der Waals surface area contributed by atoms with Gasteiger partial charge in [-0.15, -0.1) is 0 Å². The topological polar surface area (TPSA) is 93.1 Å². The highest BCUT2D eigenvalue weighted by atomic mass is 16.5. The third-order valence-corrected chi connectivity index (χ3v) is 7.31. The largest absolute Gasteiger partial charge is 0.497 e. The molecule has 2 heterocycles. The quantitative estimate of drug-likeness (QED) is 0.423. The molecule has 0 aromatic heterocycles. The van der Waals surface area contributed by atoms with Crippen LogP contribution in [-0.2, 0) is 14.3 Å². The van der Waals surface area contributed by atoms with E-state index in [0.29, 0.717) is 44.2 Å². The molecule has 0 bridgehead atoms. The van der Waals surface area contributed by atoms with Crippen LogP contribution in [0.3, 0.4) is 0 Å². The molecule has 216 valence electrons. The molecule has 2 amide bonds. The van der Waals surface area contributed by atoms with Crippen LogP contribution >= 0.6 is 0 Å². The van der Waals surface area contributed by atoms with Crippen molar-refractivity contribution in [2.45, 2.75) is 26.3 Å². The van der Waals surface area contributed by atoms with Crippen molar-refractivity contribution < 1.29 is 28.5 Å². The standard InChI is InChI=1S/C30H40N4O6/c1-21(2)30(36)33(13-12-32-14-16-40-17-15-32)20-29(35)34-27(25-18-24(38-4)10-11-28(25)39-5)19-26(31-34)22-6-8-23(37-3)9-7-22/h6-11,18,21,27H,12-17,19-20H2,1-5H3. The smallest absolute Gasteiger partial charge is 0.262 e. The number of carbonyl (C=O) groups is 2. The lowest BCUT2D eigenvalue weighted by molar-refractivity contribution is -0.143. The zero-order chi connectivity index (χ0) is 28.6. The number of hydrogen-bond donors (Lipinski definition) is 0. The molecule has 10 nitrogen and oxygen atoms in total. The van der Waals surface area contributed by atoms with Gasteiger partial charge in [-0.2, -0.15) is 5.10 Å². The van der Waals surface area contributed by atoms with E-state index < -0.39 is 6.04 Å². The molecule has 1 unspecified atom stereocenters. The number of ether oxygens (including phenoxy) is 4. The van der Waals surface area contributed by atoms with E-state index in [-0.39, 0.29) is 24.3 Å². The number of amides is 2. The van der Waals surface area contributed by atoms with Crippen LogP contribution in [0.25, 0.3) is 0 Å². The molecule has 0 aliphatic carbocycles. The van der Waals surface area contributed by atoms with Gasteiger partial charge in [0, 0.05) is 44.1 Å². The van der Waals surface area contributed by atoms with Gasteiger partial charge in [-0.1, -0.05) is 13.8 Å². The number of carbonyl (C=O) groups excluding carboxylic acids is 2. The van der Waals surface area contributed by atoms with Crippen molar-refractivity contribution in [2.75, 3.05) is 67.3 Å². The molecule has 0 radical (unpaired) electrons. The Morgan fingerprint density at radius 3 is 2.30 bits per heavy atom. The summed E-state index contributed by atoms with van der Waals surface area (Å²) in [6.45, 7) is 7.77. The summed E-state index contributed by atoms with van der Waals surface area (Å²) in [5.74, 6) is 1.48. The fourth-order valence-electron chi connectivity index (χ4n) is 5.00. The summed E-state index contributed by atoms with van der Waals surface area (Å²) in [5.41, 5.74) is 2.45. The van der Waals surface area contributed by atoms with E-state index in [9.17, 15) is 9.59 Å². The second-order valence-corrected chi connectivity index (χ2v) is 10.2. The van der Waals surface area contributed by atoms with Crippen molar-refractivity contribution >= 4 is 17.5 Å². The first-order valence-corrected chi connectivity index (χ1v) is 13.7. The Labute approximate surface area is 236 Å². The van der Waals surface area contributed by atoms with Gasteiger partial charge < -0.3 is 23.8 Å². The molecule has 40 heavy (non-hydrogen) atoms. The van der Waals surface area contributed by atoms with Gasteiger partial charge in [0.2, 0.25) is 5.91 Å². The minimum absolute atomic E-state index is 0.0596. The average Bonchev–Trinajstić information content (AvgIpc) is 3.44. The SMILES string of the molecule is COc1ccc(C2=NN(C(=O)CN(CCN3CCOCC3)C(=O)C(C)C)C(c3cc(OC)ccc3OC)C2)cc1. The Hall–Kier alpha value is -3.63. The van der Waals surface area contributed by atoms with Crippen molar-refractivity contribution in [1.29, 1.82) is 0 Å². The molecule has 4 rings (SSSR count). The molecule has 0 spiro atoms. The number of methoxy groups -OCH3 is 3. The van der Waals surface area contributed by atoms with Gasteiger partial charge in [-0.3, -0.25) is 14.5 Å². The van der Waals surface area contributed by atoms with E-state index >= 15 is 0 Å². The summed E-state index contributed by atoms with van der Waals surface area (Å²) >= 11 is 0. The number of morpholine rings is 1. The monoisotopic (exact) mass is 552 g/mol. The molecular formula is C30H40N4O6. The predicted molar refractivity (Wildman–Crippen MR) is 152 cm³/mol. The lowest BCUT2D eigenvalue weighted by atomic mass is 9.97. The first kappa shape index (κ1) is 29.4. The molecule has 10 heteroatoms. The van der Waals surface area contributed by atoms with Crippen LogP contribution in [0, 0.1) is 5.92 Å². The number of rotatable bonds is 11. The van der Waals surface area contributed by atoms with Crippen LogP contribution in [0.5, 0.6) is 17.2 Å². The minimum atomic E-state index is -0.426. The van der Waals surface area contributed by atoms with Crippen LogP contribution in [0.4, 0.5) is 0 Å². The van der Waals surface area contributed by atoms with Gasteiger partial charge in [-0.05, 0) is 48.0 Å². The van der Waals surface area contributed by atoms with Crippen molar-refractivity contribution in [3.63, 3.8) is 0 Å². The Bertz CT molecular complexity index is 1190. The summed E-state index contributed by atoms with van der Waals surface area (Å²) in [6, 6.07) is 12.7. The summed E-state index contributed by atoms with van der Waals surface area (Å²) in [6.07, 6.45) is 0.480. The van der Waals surface area contributed by atoms with Gasteiger partial charge in [0.25, 0.3) is 5.91 Å². The van der Waals surface area contributed by atoms with Gasteiger partial charge in [0.1, 0.15) is 23.8 Å². The summed E-state index contributed by atoms with van der Waals surface area (Å²) < 4.78 is 21.9. The lowest BCUT2D eigenvalue weighted by Gasteiger charge is -2.32. The van der Waals surface area contributed by atoms with Crippen molar-refractivity contribution in [2.24, 2.45) is 11.0 Å². The van der Waals surface area contributed by atoms with E-state index in [0.717, 1.165) is 35.7 Å². The molecule has 1 fully saturated rings. The highest BCUT2D eigenvalue weighted by Crippen LogP contribution is 2.39. The maximum absolute atomic E-state index is 13.9. The first-order chi connectivity index (χ1) is 19.3. The Kier molecular flexibility index (Phi) is 10.0. The summed E-state index contributed by atoms with van der Waals surface area (Å²) in [5, 5.41) is 6.31. The zero-order valence-electron chi connectivity index (χ0n) is 24.1. The molecule has 0 saturated carbocycles. The van der Waals surface area contributed by atoms with Crippen LogP contribution in [0.1, 0.15) is 37.4 Å². The van der Waals surface area contributed by atoms with Gasteiger partial charge in [-0.25, -0.2) is 5.01 Å². The Morgan fingerprint density at radius 1 is 1.00 bits per heavy atom. The third-order valence-electron chi connectivity index (χ3n) is 7.31. The fourth-order valence-corrected chi connectivity index (χ4v) is 5.00. The molecule has 2 aromatic carbocycles. The predicted octanol–water partition coefficient (Wildman–Crippen LogP) is 3.21. The van der Waals surface area contributed by atoms with Crippen LogP contribution in [-0.4, -0.2) is 99.6 Å². The van der Waals surface area contributed by atoms with E-state index in [1.54, 1.807) is 26.2 Å². The van der Waals surface area contributed by atoms with E-state index in [2.05, 4.69) is 4.90 Å². The maximum atomic E-state index is 13.9. The first-order valence-electron chi connectivity index (χ1n) is 13.7. The van der Waals surface area contributed by atoms with E-state index in [1.807, 2.05) is 56.3 Å². The highest BCUT2D eigenvalue weighted by Gasteiger charge is 2.36. The minimum Gasteiger partial charge on any atom is -0.497 e. The van der Waals surface area contributed by atoms with Crippen LogP contribution in [0.15, 0.2) is 47.6 Å². The molecule has 2 aliphatic rings. The van der Waals surface area contributed by atoms with Gasteiger partial charge in [0.15, 0.2) is 0 Å². The summed E-state index contributed by atoms with van der Waals surface area (Å²) in [4.78, 5) is 31.0. The van der Waals surface area contributed by atoms with Crippen molar-refractivity contribution in [3.8, 4) is 17.2 Å². The third kappa shape index (κ3) is 6.92. The molecule has 0 N–H and O–H groups in total. The second kappa shape index (κ2) is 13.6. The van der Waals surface area contributed by atoms with Crippen LogP contribution in [0.2, 0.25) is 0 Å². The molecule has 2 aromatic rings. The fraction of sp³-hybridized carbons (Fsp3) is 0.500. The highest BCUT2D eigenvalue weighted by molar-refractivity contribution is 6.03. The summed E-state index contributed by atoms with van der Waals surface area (Å²) in [7, 11) is 4.83. The Morgan fingerprint density at radius 2 is 1.68 bits per heavy atom. The van der Waals surface area contributed by atoms with Crippen molar-refractivity contribution in [1.82, 2.24) is 14.8 Å². The maximum Gasteiger partial charge on any atom is 0.262 e. The van der Waals surface area contributed by atoms with E-state index in [4.69, 9.17) is 24.0 Å². The number of nitrogens with zero attached hydrogens (tertiary/aromatic N) is 4. The number of benzene rings is 2. The Balaban J connectivity index is 1.63. The molecule has 2 aliphatic heterocycles. The second-order valence-electron chi connectivity index (χ2n) is 10.2. The normalized spacial score (nSPS) is 17.5. The average molecular weight is 553 g/mol. The van der Waals surface area contributed by atoms with Gasteiger partial charge in [0.05, 0.1) is 46.3 Å². The lowest BCUT2D eigenvalue weighted by Crippen LogP contribution is -2.47. The van der Waals surface area contributed by atoms with E-state index in [1.165, 1.54) is 5.01 Å². The number of hydrogen-bond acceptors (Lipinski definition) is 8. The van der Waals surface area contributed by atoms with Gasteiger partial charge >= 0.3 is 0 Å².